The predicted octanol–water partition coefficient (Wildman–Crippen LogP) is 3.99. The van der Waals surface area contributed by atoms with Crippen LogP contribution in [-0.4, -0.2) is 23.0 Å². The Hall–Kier alpha value is -1.06. The summed E-state index contributed by atoms with van der Waals surface area (Å²) >= 11 is 0. The summed E-state index contributed by atoms with van der Waals surface area (Å²) in [5.74, 6) is 0.481. The highest BCUT2D eigenvalue weighted by molar-refractivity contribution is 5.79. The molecular formula is C19H33NO3. The van der Waals surface area contributed by atoms with Crippen molar-refractivity contribution in [3.63, 3.8) is 0 Å². The number of carboxylic acids is 1. The minimum Gasteiger partial charge on any atom is -0.481 e. The fourth-order valence-corrected chi connectivity index (χ4v) is 4.26. The number of nitrogens with one attached hydrogen (secondary N) is 1. The summed E-state index contributed by atoms with van der Waals surface area (Å²) < 4.78 is 0. The average Bonchev–Trinajstić information content (AvgIpc) is 2.53. The van der Waals surface area contributed by atoms with E-state index in [4.69, 9.17) is 5.11 Å². The first-order chi connectivity index (χ1) is 11.0. The standard InChI is InChI=1S/C19H33NO3/c1-13(2)17(12-14-6-4-3-5-7-14)18(21)20-16-10-8-15(9-11-16)19(22)23/h13-17H,3-12H2,1-2H3,(H,20,21)(H,22,23). The molecule has 0 bridgehead atoms. The van der Waals surface area contributed by atoms with Crippen LogP contribution < -0.4 is 5.32 Å². The number of carbonyl (C=O) groups excluding carboxylic acids is 1. The zero-order valence-corrected chi connectivity index (χ0v) is 14.7. The topological polar surface area (TPSA) is 66.4 Å². The maximum absolute atomic E-state index is 12.7. The highest BCUT2D eigenvalue weighted by Gasteiger charge is 2.31. The minimum absolute atomic E-state index is 0.107. The summed E-state index contributed by atoms with van der Waals surface area (Å²) in [6.07, 6.45) is 10.5. The molecule has 2 N–H and O–H groups in total. The van der Waals surface area contributed by atoms with Crippen molar-refractivity contribution >= 4 is 11.9 Å². The minimum atomic E-state index is -0.688. The summed E-state index contributed by atoms with van der Waals surface area (Å²) in [5, 5.41) is 12.3. The van der Waals surface area contributed by atoms with Crippen LogP contribution in [0.4, 0.5) is 0 Å². The average molecular weight is 323 g/mol. The third kappa shape index (κ3) is 5.50. The number of hydrogen-bond acceptors (Lipinski definition) is 2. The molecule has 2 fully saturated rings. The molecule has 132 valence electrons. The van der Waals surface area contributed by atoms with Crippen molar-refractivity contribution < 1.29 is 14.7 Å². The van der Waals surface area contributed by atoms with Crippen molar-refractivity contribution in [1.82, 2.24) is 5.32 Å². The van der Waals surface area contributed by atoms with E-state index in [0.29, 0.717) is 24.7 Å². The second-order valence-corrected chi connectivity index (χ2v) is 7.99. The van der Waals surface area contributed by atoms with Crippen molar-refractivity contribution in [1.29, 1.82) is 0 Å². The van der Waals surface area contributed by atoms with Crippen LogP contribution in [0.5, 0.6) is 0 Å². The maximum Gasteiger partial charge on any atom is 0.306 e. The Balaban J connectivity index is 1.82. The van der Waals surface area contributed by atoms with E-state index in [0.717, 1.165) is 19.3 Å². The number of rotatable bonds is 6. The van der Waals surface area contributed by atoms with E-state index in [1.165, 1.54) is 32.1 Å². The highest BCUT2D eigenvalue weighted by atomic mass is 16.4. The van der Waals surface area contributed by atoms with Crippen molar-refractivity contribution in [3.8, 4) is 0 Å². The van der Waals surface area contributed by atoms with Gasteiger partial charge in [0.25, 0.3) is 0 Å². The van der Waals surface area contributed by atoms with Crippen molar-refractivity contribution in [3.05, 3.63) is 0 Å². The molecule has 0 heterocycles. The lowest BCUT2D eigenvalue weighted by Gasteiger charge is -2.31. The van der Waals surface area contributed by atoms with Gasteiger partial charge in [0.15, 0.2) is 0 Å². The van der Waals surface area contributed by atoms with E-state index >= 15 is 0 Å². The predicted molar refractivity (Wildman–Crippen MR) is 91.0 cm³/mol. The molecule has 1 unspecified atom stereocenters. The Morgan fingerprint density at radius 3 is 2.13 bits per heavy atom. The van der Waals surface area contributed by atoms with Gasteiger partial charge in [-0.1, -0.05) is 46.0 Å². The Morgan fingerprint density at radius 2 is 1.61 bits per heavy atom. The van der Waals surface area contributed by atoms with E-state index in [1.54, 1.807) is 0 Å². The summed E-state index contributed by atoms with van der Waals surface area (Å²) in [7, 11) is 0. The molecule has 0 aliphatic heterocycles. The Bertz CT molecular complexity index is 393. The molecule has 2 aliphatic rings. The Labute approximate surface area is 140 Å². The lowest BCUT2D eigenvalue weighted by molar-refractivity contribution is -0.142. The molecule has 1 amide bonds. The van der Waals surface area contributed by atoms with Gasteiger partial charge < -0.3 is 10.4 Å². The molecule has 0 spiro atoms. The van der Waals surface area contributed by atoms with Gasteiger partial charge in [-0.2, -0.15) is 0 Å². The smallest absolute Gasteiger partial charge is 0.306 e. The zero-order chi connectivity index (χ0) is 16.8. The number of hydrogen-bond donors (Lipinski definition) is 2. The maximum atomic E-state index is 12.7. The summed E-state index contributed by atoms with van der Waals surface area (Å²) in [6.45, 7) is 4.29. The number of amides is 1. The van der Waals surface area contributed by atoms with E-state index < -0.39 is 5.97 Å². The molecule has 23 heavy (non-hydrogen) atoms. The van der Waals surface area contributed by atoms with Gasteiger partial charge >= 0.3 is 5.97 Å². The number of carboxylic acid groups (broad SMARTS) is 1. The van der Waals surface area contributed by atoms with Gasteiger partial charge in [0, 0.05) is 12.0 Å². The molecule has 2 rings (SSSR count). The molecule has 4 nitrogen and oxygen atoms in total. The van der Waals surface area contributed by atoms with E-state index in [1.807, 2.05) is 0 Å². The number of aliphatic carboxylic acids is 1. The van der Waals surface area contributed by atoms with Gasteiger partial charge in [-0.15, -0.1) is 0 Å². The molecule has 0 aromatic carbocycles. The molecule has 0 radical (unpaired) electrons. The zero-order valence-electron chi connectivity index (χ0n) is 14.7. The molecule has 1 atom stereocenters. The van der Waals surface area contributed by atoms with Crippen LogP contribution in [0.2, 0.25) is 0 Å². The molecule has 4 heteroatoms. The van der Waals surface area contributed by atoms with Gasteiger partial charge in [0.05, 0.1) is 5.92 Å². The molecule has 2 saturated carbocycles. The first-order valence-electron chi connectivity index (χ1n) is 9.50. The quantitative estimate of drug-likeness (QED) is 0.776. The lowest BCUT2D eigenvalue weighted by Crippen LogP contribution is -2.43. The van der Waals surface area contributed by atoms with Crippen LogP contribution in [-0.2, 0) is 9.59 Å². The molecule has 0 aromatic heterocycles. The molecule has 0 saturated heterocycles. The van der Waals surface area contributed by atoms with E-state index in [9.17, 15) is 9.59 Å². The third-order valence-corrected chi connectivity index (χ3v) is 5.88. The van der Waals surface area contributed by atoms with E-state index in [-0.39, 0.29) is 23.8 Å². The molecule has 0 aromatic rings. The van der Waals surface area contributed by atoms with Gasteiger partial charge in [-0.25, -0.2) is 0 Å². The second-order valence-electron chi connectivity index (χ2n) is 7.99. The fraction of sp³-hybridized carbons (Fsp3) is 0.895. The van der Waals surface area contributed by atoms with Gasteiger partial charge in [0.1, 0.15) is 0 Å². The van der Waals surface area contributed by atoms with Gasteiger partial charge in [-0.05, 0) is 43.9 Å². The van der Waals surface area contributed by atoms with Crippen LogP contribution in [0.25, 0.3) is 0 Å². The van der Waals surface area contributed by atoms with Crippen LogP contribution in [0.1, 0.15) is 78.1 Å². The monoisotopic (exact) mass is 323 g/mol. The lowest BCUT2D eigenvalue weighted by atomic mass is 9.78. The summed E-state index contributed by atoms with van der Waals surface area (Å²) in [4.78, 5) is 23.7. The van der Waals surface area contributed by atoms with Crippen molar-refractivity contribution in [2.75, 3.05) is 0 Å². The molecular weight excluding hydrogens is 290 g/mol. The fourth-order valence-electron chi connectivity index (χ4n) is 4.26. The van der Waals surface area contributed by atoms with Crippen LogP contribution in [0.15, 0.2) is 0 Å². The first kappa shape index (κ1) is 18.3. The Morgan fingerprint density at radius 1 is 1.00 bits per heavy atom. The van der Waals surface area contributed by atoms with E-state index in [2.05, 4.69) is 19.2 Å². The first-order valence-corrected chi connectivity index (χ1v) is 9.50. The SMILES string of the molecule is CC(C)C(CC1CCCCC1)C(=O)NC1CCC(C(=O)O)CC1. The van der Waals surface area contributed by atoms with Crippen LogP contribution >= 0.6 is 0 Å². The van der Waals surface area contributed by atoms with Gasteiger partial charge in [-0.3, -0.25) is 9.59 Å². The van der Waals surface area contributed by atoms with Crippen LogP contribution in [0.3, 0.4) is 0 Å². The third-order valence-electron chi connectivity index (χ3n) is 5.88. The van der Waals surface area contributed by atoms with Crippen molar-refractivity contribution in [2.24, 2.45) is 23.7 Å². The molecule has 2 aliphatic carbocycles. The van der Waals surface area contributed by atoms with Gasteiger partial charge in [0.2, 0.25) is 5.91 Å². The summed E-state index contributed by atoms with van der Waals surface area (Å²) in [6, 6.07) is 0.172. The normalized spacial score (nSPS) is 27.6. The highest BCUT2D eigenvalue weighted by Crippen LogP contribution is 2.32. The largest absolute Gasteiger partial charge is 0.481 e. The van der Waals surface area contributed by atoms with Crippen molar-refractivity contribution in [2.45, 2.75) is 84.1 Å². The summed E-state index contributed by atoms with van der Waals surface area (Å²) in [5.41, 5.74) is 0. The second kappa shape index (κ2) is 8.70. The Kier molecular flexibility index (Phi) is 6.91. The number of carbonyl (C=O) groups is 2. The van der Waals surface area contributed by atoms with Crippen LogP contribution in [0, 0.1) is 23.7 Å².